The van der Waals surface area contributed by atoms with Crippen molar-refractivity contribution in [2.45, 2.75) is 0 Å². The van der Waals surface area contributed by atoms with E-state index < -0.39 is 14.3 Å². The highest BCUT2D eigenvalue weighted by molar-refractivity contribution is 7.83. The van der Waals surface area contributed by atoms with Gasteiger partial charge in [-0.25, -0.2) is 0 Å². The van der Waals surface area contributed by atoms with Crippen molar-refractivity contribution < 1.29 is 9.13 Å². The molecule has 5 aromatic carbocycles. The van der Waals surface area contributed by atoms with Crippen molar-refractivity contribution in [3.05, 3.63) is 157 Å². The first-order valence-corrected chi connectivity index (χ1v) is 15.6. The van der Waals surface area contributed by atoms with Crippen molar-refractivity contribution in [1.82, 2.24) is 0 Å². The summed E-state index contributed by atoms with van der Waals surface area (Å²) in [7, 11) is -6.44. The Kier molecular flexibility index (Phi) is 7.59. The average molecular weight is 527 g/mol. The average Bonchev–Trinajstić information content (AvgIpc) is 3.01. The van der Waals surface area contributed by atoms with Crippen LogP contribution < -0.4 is 21.2 Å². The van der Waals surface area contributed by atoms with Crippen molar-refractivity contribution in [2.75, 3.05) is 0 Å². The van der Waals surface area contributed by atoms with Gasteiger partial charge in [0.25, 0.3) is 0 Å². The Morgan fingerprint density at radius 1 is 0.342 bits per heavy atom. The van der Waals surface area contributed by atoms with Crippen LogP contribution in [0.2, 0.25) is 0 Å². The zero-order chi connectivity index (χ0) is 26.3. The van der Waals surface area contributed by atoms with Gasteiger partial charge in [0.1, 0.15) is 0 Å². The van der Waals surface area contributed by atoms with Crippen LogP contribution >= 0.6 is 14.3 Å². The van der Waals surface area contributed by atoms with E-state index in [2.05, 4.69) is 23.2 Å². The lowest BCUT2D eigenvalue weighted by Crippen LogP contribution is -2.14. The van der Waals surface area contributed by atoms with Crippen molar-refractivity contribution in [3.8, 4) is 23.2 Å². The van der Waals surface area contributed by atoms with Gasteiger partial charge in [-0.3, -0.25) is 9.13 Å². The second-order valence-electron chi connectivity index (χ2n) is 8.58. The van der Waals surface area contributed by atoms with Gasteiger partial charge < -0.3 is 0 Å². The molecule has 0 radical (unpaired) electrons. The fraction of sp³-hybridized carbons (Fsp3) is 0. The standard InChI is InChI=1S/C34H24O2P2/c35-37(31-17-5-1-6-18-31,32-19-7-2-8-20-32)27-25-29-15-13-14-16-30(29)26-28-38(36,33-21-9-3-10-22-33)34-23-11-4-12-24-34/h1-24H. The van der Waals surface area contributed by atoms with Crippen molar-refractivity contribution in [3.63, 3.8) is 0 Å². The van der Waals surface area contributed by atoms with Crippen LogP contribution in [0.25, 0.3) is 0 Å². The van der Waals surface area contributed by atoms with Gasteiger partial charge in [0.05, 0.1) is 0 Å². The quantitative estimate of drug-likeness (QED) is 0.203. The minimum Gasteiger partial charge on any atom is -0.300 e. The number of hydrogen-bond acceptors (Lipinski definition) is 2. The van der Waals surface area contributed by atoms with Gasteiger partial charge in [-0.05, 0) is 23.5 Å². The second-order valence-corrected chi connectivity index (χ2v) is 13.5. The van der Waals surface area contributed by atoms with E-state index in [0.29, 0.717) is 32.3 Å². The van der Waals surface area contributed by atoms with Gasteiger partial charge in [-0.2, -0.15) is 0 Å². The van der Waals surface area contributed by atoms with E-state index in [1.807, 2.05) is 146 Å². The normalized spacial score (nSPS) is 10.9. The lowest BCUT2D eigenvalue weighted by molar-refractivity contribution is 0.592. The summed E-state index contributed by atoms with van der Waals surface area (Å²) in [6.45, 7) is 0. The SMILES string of the molecule is O=P(C#Cc1ccccc1C#CP(=O)(c1ccccc1)c1ccccc1)(c1ccccc1)c1ccccc1. The Morgan fingerprint density at radius 3 is 0.842 bits per heavy atom. The van der Waals surface area contributed by atoms with Gasteiger partial charge in [0.15, 0.2) is 0 Å². The van der Waals surface area contributed by atoms with Crippen LogP contribution in [0.3, 0.4) is 0 Å². The van der Waals surface area contributed by atoms with Gasteiger partial charge in [0, 0.05) is 32.3 Å². The molecule has 0 saturated carbocycles. The molecule has 5 rings (SSSR count). The molecule has 0 unspecified atom stereocenters. The maximum atomic E-state index is 14.3. The van der Waals surface area contributed by atoms with Crippen LogP contribution in [0.4, 0.5) is 0 Å². The molecule has 2 nitrogen and oxygen atoms in total. The molecule has 0 amide bonds. The smallest absolute Gasteiger partial charge is 0.211 e. The van der Waals surface area contributed by atoms with Crippen molar-refractivity contribution >= 4 is 35.5 Å². The van der Waals surface area contributed by atoms with Gasteiger partial charge in [0.2, 0.25) is 14.3 Å². The summed E-state index contributed by atoms with van der Waals surface area (Å²) in [6, 6.07) is 44.8. The molecular formula is C34H24O2P2. The van der Waals surface area contributed by atoms with Crippen LogP contribution in [0.15, 0.2) is 146 Å². The highest BCUT2D eigenvalue weighted by Crippen LogP contribution is 2.43. The van der Waals surface area contributed by atoms with E-state index in [1.54, 1.807) is 0 Å². The van der Waals surface area contributed by atoms with Gasteiger partial charge in [-0.1, -0.05) is 145 Å². The van der Waals surface area contributed by atoms with Gasteiger partial charge >= 0.3 is 0 Å². The predicted octanol–water partition coefficient (Wildman–Crippen LogP) is 6.33. The lowest BCUT2D eigenvalue weighted by atomic mass is 10.1. The molecule has 38 heavy (non-hydrogen) atoms. The highest BCUT2D eigenvalue weighted by Gasteiger charge is 2.26. The maximum Gasteiger partial charge on any atom is 0.211 e. The van der Waals surface area contributed by atoms with E-state index in [0.717, 1.165) is 0 Å². The monoisotopic (exact) mass is 526 g/mol. The summed E-state index contributed by atoms with van der Waals surface area (Å²) in [5.41, 5.74) is 7.51. The lowest BCUT2D eigenvalue weighted by Gasteiger charge is -2.13. The third-order valence-electron chi connectivity index (χ3n) is 6.10. The van der Waals surface area contributed by atoms with E-state index in [4.69, 9.17) is 0 Å². The summed E-state index contributed by atoms with van der Waals surface area (Å²) in [5, 5.41) is 2.72. The molecule has 0 atom stereocenters. The van der Waals surface area contributed by atoms with Gasteiger partial charge in [-0.15, -0.1) is 0 Å². The fourth-order valence-corrected chi connectivity index (χ4v) is 8.12. The van der Waals surface area contributed by atoms with Crippen LogP contribution in [-0.4, -0.2) is 0 Å². The largest absolute Gasteiger partial charge is 0.300 e. The van der Waals surface area contributed by atoms with Crippen molar-refractivity contribution in [2.24, 2.45) is 0 Å². The van der Waals surface area contributed by atoms with E-state index in [1.165, 1.54) is 0 Å². The molecule has 0 aliphatic carbocycles. The molecule has 0 bridgehead atoms. The summed E-state index contributed by atoms with van der Waals surface area (Å²) in [5.74, 6) is 6.32. The van der Waals surface area contributed by atoms with Crippen LogP contribution in [-0.2, 0) is 9.13 Å². The molecule has 0 heterocycles. The Labute approximate surface area is 224 Å². The molecule has 0 aliphatic heterocycles. The number of rotatable bonds is 4. The Morgan fingerprint density at radius 2 is 0.579 bits per heavy atom. The minimum atomic E-state index is -3.22. The summed E-state index contributed by atoms with van der Waals surface area (Å²) < 4.78 is 28.7. The van der Waals surface area contributed by atoms with Crippen LogP contribution in [0.1, 0.15) is 11.1 Å². The molecule has 0 aliphatic rings. The Balaban J connectivity index is 1.61. The predicted molar refractivity (Wildman–Crippen MR) is 160 cm³/mol. The fourth-order valence-electron chi connectivity index (χ4n) is 4.09. The Bertz CT molecular complexity index is 1540. The molecule has 0 spiro atoms. The first kappa shape index (κ1) is 25.3. The number of hydrogen-bond donors (Lipinski definition) is 0. The molecule has 5 aromatic rings. The first-order chi connectivity index (χ1) is 18.6. The topological polar surface area (TPSA) is 34.1 Å². The highest BCUT2D eigenvalue weighted by atomic mass is 31.2. The summed E-state index contributed by atoms with van der Waals surface area (Å²) in [4.78, 5) is 0. The van der Waals surface area contributed by atoms with Crippen LogP contribution in [0, 0.1) is 23.2 Å². The van der Waals surface area contributed by atoms with E-state index in [9.17, 15) is 9.13 Å². The third-order valence-corrected chi connectivity index (χ3v) is 11.1. The number of benzene rings is 5. The first-order valence-electron chi connectivity index (χ1n) is 12.2. The Hall–Kier alpha value is -4.32. The molecule has 0 fully saturated rings. The molecular weight excluding hydrogens is 502 g/mol. The summed E-state index contributed by atoms with van der Waals surface area (Å²) in [6.07, 6.45) is 0. The maximum absolute atomic E-state index is 14.3. The van der Waals surface area contributed by atoms with Crippen molar-refractivity contribution in [1.29, 1.82) is 0 Å². The zero-order valence-electron chi connectivity index (χ0n) is 20.6. The molecule has 0 N–H and O–H groups in total. The molecule has 182 valence electrons. The zero-order valence-corrected chi connectivity index (χ0v) is 22.4. The van der Waals surface area contributed by atoms with Crippen LogP contribution in [0.5, 0.6) is 0 Å². The van der Waals surface area contributed by atoms with E-state index in [-0.39, 0.29) is 0 Å². The second kappa shape index (κ2) is 11.4. The molecule has 0 saturated heterocycles. The summed E-state index contributed by atoms with van der Waals surface area (Å²) >= 11 is 0. The minimum absolute atomic E-state index is 0.639. The molecule has 4 heteroatoms. The third kappa shape index (κ3) is 5.35. The molecule has 0 aromatic heterocycles. The van der Waals surface area contributed by atoms with E-state index >= 15 is 0 Å².